The summed E-state index contributed by atoms with van der Waals surface area (Å²) in [4.78, 5) is 11.1. The third-order valence-corrected chi connectivity index (χ3v) is 2.25. The molecule has 1 unspecified atom stereocenters. The zero-order valence-corrected chi connectivity index (χ0v) is 10.6. The second-order valence-electron chi connectivity index (χ2n) is 4.16. The van der Waals surface area contributed by atoms with Crippen molar-refractivity contribution in [2.75, 3.05) is 13.2 Å². The molecule has 0 fully saturated rings. The summed E-state index contributed by atoms with van der Waals surface area (Å²) in [5, 5.41) is 17.5. The minimum atomic E-state index is -0.612. The molecule has 0 aliphatic carbocycles. The largest absolute Gasteiger partial charge is 0.460 e. The molecular weight excluding hydrogens is 220 g/mol. The van der Waals surface area contributed by atoms with Crippen LogP contribution in [0.3, 0.4) is 0 Å². The van der Waals surface area contributed by atoms with Crippen LogP contribution in [0.5, 0.6) is 0 Å². The van der Waals surface area contributed by atoms with Gasteiger partial charge in [0, 0.05) is 12.7 Å². The smallest absolute Gasteiger partial charge is 0.330 e. The fourth-order valence-corrected chi connectivity index (χ4v) is 1.33. The standard InChI is InChI=1S/C13H24O4/c1-12(15)11-17-13(16)9-7-5-3-2-4-6-8-10-14/h7,9,12,14-15H,2-6,8,10-11H2,1H3. The van der Waals surface area contributed by atoms with Crippen molar-refractivity contribution in [3.8, 4) is 0 Å². The molecule has 0 saturated carbocycles. The van der Waals surface area contributed by atoms with Crippen LogP contribution in [-0.4, -0.2) is 35.5 Å². The lowest BCUT2D eigenvalue weighted by atomic mass is 10.1. The highest BCUT2D eigenvalue weighted by Gasteiger charge is 1.99. The first-order valence-corrected chi connectivity index (χ1v) is 6.29. The Bertz CT molecular complexity index is 211. The molecule has 0 aliphatic heterocycles. The van der Waals surface area contributed by atoms with E-state index >= 15 is 0 Å². The molecule has 0 amide bonds. The number of ether oxygens (including phenoxy) is 1. The van der Waals surface area contributed by atoms with Gasteiger partial charge in [-0.15, -0.1) is 0 Å². The normalized spacial score (nSPS) is 12.9. The first kappa shape index (κ1) is 16.1. The van der Waals surface area contributed by atoms with E-state index in [9.17, 15) is 4.79 Å². The molecule has 0 aromatic rings. The minimum Gasteiger partial charge on any atom is -0.460 e. The number of hydrogen-bond donors (Lipinski definition) is 2. The first-order chi connectivity index (χ1) is 8.16. The average Bonchev–Trinajstić information content (AvgIpc) is 2.30. The van der Waals surface area contributed by atoms with E-state index in [-0.39, 0.29) is 13.2 Å². The Morgan fingerprint density at radius 2 is 1.88 bits per heavy atom. The van der Waals surface area contributed by atoms with Crippen LogP contribution in [0.4, 0.5) is 0 Å². The third kappa shape index (κ3) is 13.1. The summed E-state index contributed by atoms with van der Waals surface area (Å²) in [6.07, 6.45) is 8.70. The van der Waals surface area contributed by atoms with Crippen molar-refractivity contribution < 1.29 is 19.7 Å². The Balaban J connectivity index is 3.32. The maximum atomic E-state index is 11.1. The van der Waals surface area contributed by atoms with Crippen LogP contribution < -0.4 is 0 Å². The van der Waals surface area contributed by atoms with Gasteiger partial charge in [0.1, 0.15) is 6.61 Å². The van der Waals surface area contributed by atoms with E-state index in [1.54, 1.807) is 13.0 Å². The van der Waals surface area contributed by atoms with Gasteiger partial charge >= 0.3 is 5.97 Å². The van der Waals surface area contributed by atoms with Crippen molar-refractivity contribution in [2.24, 2.45) is 0 Å². The summed E-state index contributed by atoms with van der Waals surface area (Å²) in [6, 6.07) is 0. The number of aliphatic hydroxyl groups excluding tert-OH is 2. The van der Waals surface area contributed by atoms with Gasteiger partial charge in [-0.2, -0.15) is 0 Å². The van der Waals surface area contributed by atoms with Gasteiger partial charge in [0.15, 0.2) is 0 Å². The number of aliphatic hydroxyl groups is 2. The van der Waals surface area contributed by atoms with Gasteiger partial charge in [-0.3, -0.25) is 0 Å². The second-order valence-corrected chi connectivity index (χ2v) is 4.16. The molecule has 1 atom stereocenters. The second kappa shape index (κ2) is 11.6. The highest BCUT2D eigenvalue weighted by Crippen LogP contribution is 2.05. The maximum absolute atomic E-state index is 11.1. The van der Waals surface area contributed by atoms with Gasteiger partial charge in [-0.25, -0.2) is 4.79 Å². The van der Waals surface area contributed by atoms with Crippen LogP contribution in [0, 0.1) is 0 Å². The summed E-state index contributed by atoms with van der Waals surface area (Å²) in [5.74, 6) is -0.397. The topological polar surface area (TPSA) is 66.8 Å². The molecule has 0 spiro atoms. The Morgan fingerprint density at radius 3 is 2.53 bits per heavy atom. The predicted molar refractivity (Wildman–Crippen MR) is 66.6 cm³/mol. The summed E-state index contributed by atoms with van der Waals surface area (Å²) in [7, 11) is 0. The van der Waals surface area contributed by atoms with Gasteiger partial charge < -0.3 is 14.9 Å². The maximum Gasteiger partial charge on any atom is 0.330 e. The SMILES string of the molecule is CC(O)COC(=O)C=CCCCCCCCO. The summed E-state index contributed by atoms with van der Waals surface area (Å²) in [5.41, 5.74) is 0. The Labute approximate surface area is 103 Å². The first-order valence-electron chi connectivity index (χ1n) is 6.29. The predicted octanol–water partition coefficient (Wildman–Crippen LogP) is 1.80. The quantitative estimate of drug-likeness (QED) is 0.349. The van der Waals surface area contributed by atoms with Crippen LogP contribution in [0.15, 0.2) is 12.2 Å². The molecule has 0 rings (SSSR count). The Kier molecular flexibility index (Phi) is 11.0. The number of hydrogen-bond acceptors (Lipinski definition) is 4. The van der Waals surface area contributed by atoms with Crippen molar-refractivity contribution in [2.45, 2.75) is 51.6 Å². The molecular formula is C13H24O4. The molecule has 2 N–H and O–H groups in total. The number of unbranched alkanes of at least 4 members (excludes halogenated alkanes) is 5. The van der Waals surface area contributed by atoms with Gasteiger partial charge in [0.2, 0.25) is 0 Å². The van der Waals surface area contributed by atoms with E-state index in [4.69, 9.17) is 14.9 Å². The van der Waals surface area contributed by atoms with Crippen LogP contribution >= 0.6 is 0 Å². The molecule has 0 aliphatic rings. The Hall–Kier alpha value is -0.870. The molecule has 0 bridgehead atoms. The van der Waals surface area contributed by atoms with Crippen molar-refractivity contribution >= 4 is 5.97 Å². The number of esters is 1. The fraction of sp³-hybridized carbons (Fsp3) is 0.769. The van der Waals surface area contributed by atoms with E-state index in [1.807, 2.05) is 0 Å². The van der Waals surface area contributed by atoms with Crippen LogP contribution in [0.25, 0.3) is 0 Å². The van der Waals surface area contributed by atoms with Crippen molar-refractivity contribution in [3.05, 3.63) is 12.2 Å². The zero-order chi connectivity index (χ0) is 12.9. The lowest BCUT2D eigenvalue weighted by Gasteiger charge is -2.03. The van der Waals surface area contributed by atoms with Gasteiger partial charge in [0.25, 0.3) is 0 Å². The molecule has 0 saturated heterocycles. The van der Waals surface area contributed by atoms with E-state index in [0.717, 1.165) is 38.5 Å². The molecule has 17 heavy (non-hydrogen) atoms. The number of carbonyl (C=O) groups is 1. The van der Waals surface area contributed by atoms with Gasteiger partial charge in [-0.1, -0.05) is 25.3 Å². The van der Waals surface area contributed by atoms with Crippen LogP contribution in [-0.2, 0) is 9.53 Å². The van der Waals surface area contributed by atoms with E-state index in [2.05, 4.69) is 0 Å². The highest BCUT2D eigenvalue weighted by atomic mass is 16.5. The average molecular weight is 244 g/mol. The van der Waals surface area contributed by atoms with Crippen molar-refractivity contribution in [3.63, 3.8) is 0 Å². The minimum absolute atomic E-state index is 0.0460. The van der Waals surface area contributed by atoms with Gasteiger partial charge in [0.05, 0.1) is 6.10 Å². The molecule has 0 aromatic carbocycles. The number of carbonyl (C=O) groups excluding carboxylic acids is 1. The molecule has 0 radical (unpaired) electrons. The summed E-state index contributed by atoms with van der Waals surface area (Å²) < 4.78 is 4.76. The monoisotopic (exact) mass is 244 g/mol. The summed E-state index contributed by atoms with van der Waals surface area (Å²) >= 11 is 0. The third-order valence-electron chi connectivity index (χ3n) is 2.25. The van der Waals surface area contributed by atoms with E-state index in [0.29, 0.717) is 0 Å². The van der Waals surface area contributed by atoms with E-state index in [1.165, 1.54) is 6.08 Å². The summed E-state index contributed by atoms with van der Waals surface area (Å²) in [6.45, 7) is 1.89. The van der Waals surface area contributed by atoms with Crippen molar-refractivity contribution in [1.29, 1.82) is 0 Å². The number of allylic oxidation sites excluding steroid dienone is 1. The van der Waals surface area contributed by atoms with Crippen molar-refractivity contribution in [1.82, 2.24) is 0 Å². The highest BCUT2D eigenvalue weighted by molar-refractivity contribution is 5.81. The molecule has 0 heterocycles. The van der Waals surface area contributed by atoms with E-state index < -0.39 is 12.1 Å². The molecule has 100 valence electrons. The van der Waals surface area contributed by atoms with Crippen LogP contribution in [0.2, 0.25) is 0 Å². The Morgan fingerprint density at radius 1 is 1.24 bits per heavy atom. The van der Waals surface area contributed by atoms with Gasteiger partial charge in [-0.05, 0) is 26.2 Å². The molecule has 4 nitrogen and oxygen atoms in total. The molecule has 0 aromatic heterocycles. The molecule has 4 heteroatoms. The fourth-order valence-electron chi connectivity index (χ4n) is 1.33. The van der Waals surface area contributed by atoms with Crippen LogP contribution in [0.1, 0.15) is 45.4 Å². The number of rotatable bonds is 10. The lowest BCUT2D eigenvalue weighted by Crippen LogP contribution is -2.13. The zero-order valence-electron chi connectivity index (χ0n) is 10.6. The lowest BCUT2D eigenvalue weighted by molar-refractivity contribution is -0.140.